The highest BCUT2D eigenvalue weighted by Gasteiger charge is 2.12. The summed E-state index contributed by atoms with van der Waals surface area (Å²) in [6, 6.07) is 19.3. The number of hydrogen-bond acceptors (Lipinski definition) is 5. The van der Waals surface area contributed by atoms with Gasteiger partial charge in [0.2, 0.25) is 0 Å². The molecule has 7 heteroatoms. The molecule has 4 aromatic rings. The monoisotopic (exact) mass is 415 g/mol. The Morgan fingerprint density at radius 3 is 2.35 bits per heavy atom. The molecule has 0 fully saturated rings. The number of carbonyl (C=O) groups excluding carboxylic acids is 1. The SMILES string of the molecule is CCOc1cc(/C=N/NC(=O)Cn2c3ccccc3c(=O)c3ccccc32)ccc1O. The lowest BCUT2D eigenvalue weighted by atomic mass is 10.1. The number of fused-ring (bicyclic) bond motifs is 2. The maximum atomic E-state index is 12.8. The minimum Gasteiger partial charge on any atom is -0.504 e. The molecule has 1 aromatic heterocycles. The van der Waals surface area contributed by atoms with E-state index in [1.165, 1.54) is 12.3 Å². The van der Waals surface area contributed by atoms with Crippen LogP contribution < -0.4 is 15.6 Å². The first-order valence-corrected chi connectivity index (χ1v) is 9.86. The molecule has 2 N–H and O–H groups in total. The molecule has 0 saturated carbocycles. The summed E-state index contributed by atoms with van der Waals surface area (Å²) in [5.41, 5.74) is 4.50. The van der Waals surface area contributed by atoms with Gasteiger partial charge in [0, 0.05) is 10.8 Å². The zero-order valence-corrected chi connectivity index (χ0v) is 16.9. The second-order valence-corrected chi connectivity index (χ2v) is 6.90. The van der Waals surface area contributed by atoms with Crippen molar-refractivity contribution >= 4 is 33.9 Å². The highest BCUT2D eigenvalue weighted by molar-refractivity contribution is 5.95. The number of benzene rings is 3. The first-order chi connectivity index (χ1) is 15.1. The van der Waals surface area contributed by atoms with Gasteiger partial charge in [0.15, 0.2) is 16.9 Å². The fraction of sp³-hybridized carbons (Fsp3) is 0.125. The number of pyridine rings is 1. The normalized spacial score (nSPS) is 11.3. The molecule has 31 heavy (non-hydrogen) atoms. The number of aromatic hydroxyl groups is 1. The standard InChI is InChI=1S/C24H21N3O4/c1-2-31-22-13-16(11-12-21(22)28)14-25-26-23(29)15-27-19-9-5-3-7-17(19)24(30)18-8-4-6-10-20(18)27/h3-14,28H,2,15H2,1H3,(H,26,29)/b25-14+. The van der Waals surface area contributed by atoms with E-state index in [4.69, 9.17) is 4.74 Å². The van der Waals surface area contributed by atoms with Gasteiger partial charge in [-0.15, -0.1) is 0 Å². The van der Waals surface area contributed by atoms with Crippen molar-refractivity contribution in [2.24, 2.45) is 5.10 Å². The van der Waals surface area contributed by atoms with Gasteiger partial charge in [-0.05, 0) is 55.0 Å². The smallest absolute Gasteiger partial charge is 0.260 e. The molecule has 0 aliphatic heterocycles. The summed E-state index contributed by atoms with van der Waals surface area (Å²) in [4.78, 5) is 25.4. The molecular formula is C24H21N3O4. The van der Waals surface area contributed by atoms with Crippen LogP contribution in [0.15, 0.2) is 76.6 Å². The molecule has 156 valence electrons. The number of ether oxygens (including phenoxy) is 1. The van der Waals surface area contributed by atoms with Crippen LogP contribution >= 0.6 is 0 Å². The van der Waals surface area contributed by atoms with Crippen LogP contribution in [-0.4, -0.2) is 28.4 Å². The number of amides is 1. The summed E-state index contributed by atoms with van der Waals surface area (Å²) >= 11 is 0. The predicted octanol–water partition coefficient (Wildman–Crippen LogP) is 3.41. The Morgan fingerprint density at radius 2 is 1.71 bits per heavy atom. The second kappa shape index (κ2) is 8.71. The highest BCUT2D eigenvalue weighted by Crippen LogP contribution is 2.26. The molecule has 3 aromatic carbocycles. The van der Waals surface area contributed by atoms with E-state index in [0.717, 1.165) is 0 Å². The second-order valence-electron chi connectivity index (χ2n) is 6.90. The number of hydrogen-bond donors (Lipinski definition) is 2. The summed E-state index contributed by atoms with van der Waals surface area (Å²) in [6.45, 7) is 2.25. The molecular weight excluding hydrogens is 394 g/mol. The molecule has 0 aliphatic carbocycles. The van der Waals surface area contributed by atoms with Gasteiger partial charge < -0.3 is 14.4 Å². The van der Waals surface area contributed by atoms with Crippen molar-refractivity contribution in [3.8, 4) is 11.5 Å². The summed E-state index contributed by atoms with van der Waals surface area (Å²) < 4.78 is 7.16. The van der Waals surface area contributed by atoms with E-state index in [9.17, 15) is 14.7 Å². The van der Waals surface area contributed by atoms with Crippen LogP contribution in [0.1, 0.15) is 12.5 Å². The van der Waals surface area contributed by atoms with E-state index in [1.807, 2.05) is 35.8 Å². The van der Waals surface area contributed by atoms with E-state index in [1.54, 1.807) is 36.4 Å². The number of phenolic OH excluding ortho intramolecular Hbond substituents is 1. The van der Waals surface area contributed by atoms with E-state index < -0.39 is 0 Å². The summed E-state index contributed by atoms with van der Waals surface area (Å²) in [5.74, 6) is 0.0583. The molecule has 0 unspecified atom stereocenters. The zero-order valence-electron chi connectivity index (χ0n) is 16.9. The molecule has 4 rings (SSSR count). The average molecular weight is 415 g/mol. The Balaban J connectivity index is 1.59. The highest BCUT2D eigenvalue weighted by atomic mass is 16.5. The fourth-order valence-electron chi connectivity index (χ4n) is 3.49. The third kappa shape index (κ3) is 4.11. The molecule has 0 atom stereocenters. The lowest BCUT2D eigenvalue weighted by Gasteiger charge is -2.14. The van der Waals surface area contributed by atoms with Crippen molar-refractivity contribution in [1.82, 2.24) is 9.99 Å². The van der Waals surface area contributed by atoms with Crippen LogP contribution in [0.4, 0.5) is 0 Å². The Hall–Kier alpha value is -4.13. The van der Waals surface area contributed by atoms with Crippen LogP contribution in [0, 0.1) is 0 Å². The Labute approximate surface area is 178 Å². The minimum absolute atomic E-state index is 0.00157. The van der Waals surface area contributed by atoms with E-state index in [-0.39, 0.29) is 23.6 Å². The summed E-state index contributed by atoms with van der Waals surface area (Å²) in [5, 5.41) is 14.9. The number of phenols is 1. The van der Waals surface area contributed by atoms with Gasteiger partial charge in [0.1, 0.15) is 6.54 Å². The van der Waals surface area contributed by atoms with Crippen LogP contribution in [0.3, 0.4) is 0 Å². The van der Waals surface area contributed by atoms with Gasteiger partial charge in [-0.3, -0.25) is 9.59 Å². The molecule has 1 heterocycles. The van der Waals surface area contributed by atoms with Gasteiger partial charge in [0.05, 0.1) is 23.9 Å². The number of para-hydroxylation sites is 2. The first-order valence-electron chi connectivity index (χ1n) is 9.86. The number of carbonyl (C=O) groups is 1. The molecule has 1 amide bonds. The van der Waals surface area contributed by atoms with Crippen LogP contribution in [0.2, 0.25) is 0 Å². The third-order valence-electron chi connectivity index (χ3n) is 4.87. The zero-order chi connectivity index (χ0) is 21.8. The average Bonchev–Trinajstić information content (AvgIpc) is 2.79. The first kappa shape index (κ1) is 20.2. The Bertz CT molecular complexity index is 1300. The van der Waals surface area contributed by atoms with Crippen molar-refractivity contribution in [1.29, 1.82) is 0 Å². The number of hydrazone groups is 1. The van der Waals surface area contributed by atoms with Crippen molar-refractivity contribution in [3.63, 3.8) is 0 Å². The van der Waals surface area contributed by atoms with E-state index in [0.29, 0.717) is 39.7 Å². The largest absolute Gasteiger partial charge is 0.504 e. The van der Waals surface area contributed by atoms with Crippen molar-refractivity contribution < 1.29 is 14.6 Å². The van der Waals surface area contributed by atoms with Crippen LogP contribution in [-0.2, 0) is 11.3 Å². The predicted molar refractivity (Wildman–Crippen MR) is 121 cm³/mol. The molecule has 0 bridgehead atoms. The number of nitrogens with one attached hydrogen (secondary N) is 1. The lowest BCUT2D eigenvalue weighted by Crippen LogP contribution is -2.25. The van der Waals surface area contributed by atoms with Gasteiger partial charge in [0.25, 0.3) is 5.91 Å². The van der Waals surface area contributed by atoms with Crippen molar-refractivity contribution in [2.45, 2.75) is 13.5 Å². The van der Waals surface area contributed by atoms with E-state index in [2.05, 4.69) is 10.5 Å². The summed E-state index contributed by atoms with van der Waals surface area (Å²) in [7, 11) is 0. The molecule has 7 nitrogen and oxygen atoms in total. The van der Waals surface area contributed by atoms with Gasteiger partial charge in [-0.1, -0.05) is 24.3 Å². The van der Waals surface area contributed by atoms with Crippen LogP contribution in [0.5, 0.6) is 11.5 Å². The number of rotatable bonds is 6. The third-order valence-corrected chi connectivity index (χ3v) is 4.87. The lowest BCUT2D eigenvalue weighted by molar-refractivity contribution is -0.121. The minimum atomic E-state index is -0.334. The fourth-order valence-corrected chi connectivity index (χ4v) is 3.49. The van der Waals surface area contributed by atoms with E-state index >= 15 is 0 Å². The number of nitrogens with zero attached hydrogens (tertiary/aromatic N) is 2. The maximum absolute atomic E-state index is 12.8. The Kier molecular flexibility index (Phi) is 5.66. The molecule has 0 spiro atoms. The van der Waals surface area contributed by atoms with Crippen molar-refractivity contribution in [3.05, 3.63) is 82.5 Å². The van der Waals surface area contributed by atoms with Crippen molar-refractivity contribution in [2.75, 3.05) is 6.61 Å². The van der Waals surface area contributed by atoms with Gasteiger partial charge >= 0.3 is 0 Å². The maximum Gasteiger partial charge on any atom is 0.260 e. The summed E-state index contributed by atoms with van der Waals surface area (Å²) in [6.07, 6.45) is 1.47. The Morgan fingerprint density at radius 1 is 1.06 bits per heavy atom. The molecule has 0 saturated heterocycles. The molecule has 0 radical (unpaired) electrons. The number of aromatic nitrogens is 1. The van der Waals surface area contributed by atoms with Gasteiger partial charge in [-0.25, -0.2) is 5.43 Å². The quantitative estimate of drug-likeness (QED) is 0.287. The molecule has 0 aliphatic rings. The van der Waals surface area contributed by atoms with Gasteiger partial charge in [-0.2, -0.15) is 5.10 Å². The topological polar surface area (TPSA) is 92.9 Å². The van der Waals surface area contributed by atoms with Crippen LogP contribution in [0.25, 0.3) is 21.8 Å².